The number of rotatable bonds is 4. The van der Waals surface area contributed by atoms with Gasteiger partial charge in [0.05, 0.1) is 24.3 Å². The zero-order valence-electron chi connectivity index (χ0n) is 16.7. The molecule has 1 atom stereocenters. The number of alkyl halides is 2. The fraction of sp³-hybridized carbons (Fsp3) is 0.250. The van der Waals surface area contributed by atoms with Crippen molar-refractivity contribution in [2.24, 2.45) is 0 Å². The molecule has 0 radical (unpaired) electrons. The van der Waals surface area contributed by atoms with Crippen molar-refractivity contribution in [2.75, 3.05) is 18.0 Å². The number of pyridine rings is 1. The van der Waals surface area contributed by atoms with Crippen molar-refractivity contribution in [1.82, 2.24) is 29.5 Å². The van der Waals surface area contributed by atoms with Gasteiger partial charge in [-0.2, -0.15) is 5.10 Å². The van der Waals surface area contributed by atoms with Crippen LogP contribution in [0.1, 0.15) is 5.56 Å². The zero-order valence-corrected chi connectivity index (χ0v) is 16.7. The normalized spacial score (nSPS) is 17.7. The van der Waals surface area contributed by atoms with Crippen LogP contribution in [0.15, 0.2) is 52.6 Å². The third-order valence-corrected chi connectivity index (χ3v) is 5.18. The van der Waals surface area contributed by atoms with Crippen LogP contribution in [0.4, 0.5) is 14.5 Å². The number of anilines is 1. The van der Waals surface area contributed by atoms with E-state index in [1.807, 2.05) is 6.92 Å². The van der Waals surface area contributed by atoms with E-state index in [1.54, 1.807) is 24.5 Å². The van der Waals surface area contributed by atoms with Crippen LogP contribution in [0.25, 0.3) is 16.9 Å². The van der Waals surface area contributed by atoms with Gasteiger partial charge in [0.2, 0.25) is 5.88 Å². The second-order valence-corrected chi connectivity index (χ2v) is 7.52. The van der Waals surface area contributed by atoms with E-state index in [-0.39, 0.29) is 23.7 Å². The standard InChI is InChI=1S/C20H17F2N7O3/c1-11-2-3-16(24-7-11)32-15-9-28(10-20(15,21)22)14-6-13(27-29-5-4-23-17(14)29)12-8-25-19(31)26-18(12)30/h2-8,15H,9-10H2,1H3,(H2,25,26,30,31)/t15-/m0/s1. The summed E-state index contributed by atoms with van der Waals surface area (Å²) in [5, 5.41) is 4.32. The molecular formula is C20H17F2N7O3. The Bertz CT molecular complexity index is 1410. The molecule has 4 aromatic heterocycles. The second-order valence-electron chi connectivity index (χ2n) is 7.52. The molecule has 1 saturated heterocycles. The average molecular weight is 441 g/mol. The molecule has 5 rings (SSSR count). The van der Waals surface area contributed by atoms with E-state index >= 15 is 0 Å². The fourth-order valence-electron chi connectivity index (χ4n) is 3.60. The summed E-state index contributed by atoms with van der Waals surface area (Å²) in [7, 11) is 0. The Morgan fingerprint density at radius 2 is 2.09 bits per heavy atom. The Balaban J connectivity index is 1.52. The van der Waals surface area contributed by atoms with Crippen LogP contribution in [-0.2, 0) is 0 Å². The number of halogens is 2. The molecule has 10 nitrogen and oxygen atoms in total. The molecule has 32 heavy (non-hydrogen) atoms. The molecule has 0 amide bonds. The summed E-state index contributed by atoms with van der Waals surface area (Å²) < 4.78 is 36.6. The van der Waals surface area contributed by atoms with Gasteiger partial charge in [-0.3, -0.25) is 9.78 Å². The molecule has 0 saturated carbocycles. The highest BCUT2D eigenvalue weighted by molar-refractivity contribution is 5.74. The summed E-state index contributed by atoms with van der Waals surface area (Å²) in [6, 6.07) is 4.78. The second kappa shape index (κ2) is 7.25. The first-order chi connectivity index (χ1) is 15.3. The number of hydrogen-bond acceptors (Lipinski definition) is 7. The van der Waals surface area contributed by atoms with Crippen LogP contribution < -0.4 is 20.9 Å². The summed E-state index contributed by atoms with van der Waals surface area (Å²) in [6.45, 7) is 1.10. The van der Waals surface area contributed by atoms with Crippen molar-refractivity contribution in [3.8, 4) is 17.1 Å². The monoisotopic (exact) mass is 441 g/mol. The quantitative estimate of drug-likeness (QED) is 0.491. The third kappa shape index (κ3) is 3.49. The van der Waals surface area contributed by atoms with Gasteiger partial charge in [0.25, 0.3) is 5.56 Å². The number of hydrogen-bond donors (Lipinski definition) is 2. The first-order valence-corrected chi connectivity index (χ1v) is 9.69. The van der Waals surface area contributed by atoms with Gasteiger partial charge in [-0.1, -0.05) is 6.07 Å². The summed E-state index contributed by atoms with van der Waals surface area (Å²) in [5.74, 6) is -3.04. The Kier molecular flexibility index (Phi) is 4.50. The molecule has 0 spiro atoms. The van der Waals surface area contributed by atoms with Crippen molar-refractivity contribution in [1.29, 1.82) is 0 Å². The maximum absolute atomic E-state index is 14.8. The van der Waals surface area contributed by atoms with E-state index in [2.05, 4.69) is 25.0 Å². The lowest BCUT2D eigenvalue weighted by atomic mass is 10.2. The van der Waals surface area contributed by atoms with E-state index in [0.717, 1.165) is 5.56 Å². The first-order valence-electron chi connectivity index (χ1n) is 9.69. The maximum Gasteiger partial charge on any atom is 0.325 e. The Morgan fingerprint density at radius 3 is 2.84 bits per heavy atom. The van der Waals surface area contributed by atoms with Crippen LogP contribution in [0.3, 0.4) is 0 Å². The number of aromatic nitrogens is 6. The average Bonchev–Trinajstić information content (AvgIpc) is 3.33. The van der Waals surface area contributed by atoms with Crippen LogP contribution >= 0.6 is 0 Å². The first kappa shape index (κ1) is 19.8. The maximum atomic E-state index is 14.8. The molecule has 1 aliphatic rings. The molecule has 5 heterocycles. The number of H-pyrrole nitrogens is 2. The Morgan fingerprint density at radius 1 is 1.25 bits per heavy atom. The smallest absolute Gasteiger partial charge is 0.325 e. The summed E-state index contributed by atoms with van der Waals surface area (Å²) in [6.07, 6.45) is 4.36. The molecule has 0 aromatic carbocycles. The highest BCUT2D eigenvalue weighted by Crippen LogP contribution is 2.36. The van der Waals surface area contributed by atoms with Gasteiger partial charge >= 0.3 is 11.6 Å². The van der Waals surface area contributed by atoms with Crippen LogP contribution in [0.2, 0.25) is 0 Å². The molecule has 1 aliphatic heterocycles. The number of nitrogens with one attached hydrogen (secondary N) is 2. The molecule has 2 N–H and O–H groups in total. The van der Waals surface area contributed by atoms with Gasteiger partial charge in [-0.15, -0.1) is 0 Å². The number of aromatic amines is 2. The summed E-state index contributed by atoms with van der Waals surface area (Å²) >= 11 is 0. The SMILES string of the molecule is Cc1ccc(O[C@H]2CN(c3cc(-c4c[nH]c(=O)[nH]c4=O)nn4ccnc34)CC2(F)F)nc1. The predicted molar refractivity (Wildman–Crippen MR) is 110 cm³/mol. The molecule has 164 valence electrons. The molecule has 1 fully saturated rings. The Hall–Kier alpha value is -4.09. The van der Waals surface area contributed by atoms with E-state index in [4.69, 9.17) is 4.74 Å². The lowest BCUT2D eigenvalue weighted by Crippen LogP contribution is -2.36. The Labute approximate surface area is 178 Å². The summed E-state index contributed by atoms with van der Waals surface area (Å²) in [4.78, 5) is 37.8. The van der Waals surface area contributed by atoms with E-state index in [0.29, 0.717) is 11.3 Å². The van der Waals surface area contributed by atoms with Crippen molar-refractivity contribution in [3.63, 3.8) is 0 Å². The van der Waals surface area contributed by atoms with Gasteiger partial charge in [0.1, 0.15) is 5.69 Å². The lowest BCUT2D eigenvalue weighted by molar-refractivity contribution is -0.0609. The van der Waals surface area contributed by atoms with E-state index < -0.39 is 29.8 Å². The van der Waals surface area contributed by atoms with Gasteiger partial charge in [0, 0.05) is 30.9 Å². The highest BCUT2D eigenvalue weighted by Gasteiger charge is 2.50. The van der Waals surface area contributed by atoms with Crippen molar-refractivity contribution in [3.05, 3.63) is 69.4 Å². The molecule has 12 heteroatoms. The number of ether oxygens (including phenoxy) is 1. The number of imidazole rings is 1. The number of nitrogens with zero attached hydrogens (tertiary/aromatic N) is 5. The van der Waals surface area contributed by atoms with Crippen molar-refractivity contribution >= 4 is 11.3 Å². The molecular weight excluding hydrogens is 424 g/mol. The minimum absolute atomic E-state index is 0.0871. The topological polar surface area (TPSA) is 121 Å². The van der Waals surface area contributed by atoms with Crippen LogP contribution in [-0.4, -0.2) is 54.7 Å². The van der Waals surface area contributed by atoms with Crippen LogP contribution in [0.5, 0.6) is 5.88 Å². The van der Waals surface area contributed by atoms with Gasteiger partial charge in [-0.05, 0) is 18.6 Å². The number of aryl methyl sites for hydroxylation is 1. The molecule has 4 aromatic rings. The van der Waals surface area contributed by atoms with Crippen LogP contribution in [0, 0.1) is 6.92 Å². The van der Waals surface area contributed by atoms with Gasteiger partial charge in [-0.25, -0.2) is 28.1 Å². The zero-order chi connectivity index (χ0) is 22.5. The fourth-order valence-corrected chi connectivity index (χ4v) is 3.60. The third-order valence-electron chi connectivity index (χ3n) is 5.18. The highest BCUT2D eigenvalue weighted by atomic mass is 19.3. The predicted octanol–water partition coefficient (Wildman–Crippen LogP) is 1.38. The van der Waals surface area contributed by atoms with E-state index in [1.165, 1.54) is 27.9 Å². The molecule has 0 bridgehead atoms. The van der Waals surface area contributed by atoms with Gasteiger partial charge < -0.3 is 14.6 Å². The number of fused-ring (bicyclic) bond motifs is 1. The summed E-state index contributed by atoms with van der Waals surface area (Å²) in [5.41, 5.74) is 0.560. The van der Waals surface area contributed by atoms with Crippen molar-refractivity contribution < 1.29 is 13.5 Å². The van der Waals surface area contributed by atoms with E-state index in [9.17, 15) is 18.4 Å². The molecule has 0 aliphatic carbocycles. The minimum Gasteiger partial charge on any atom is -0.466 e. The lowest BCUT2D eigenvalue weighted by Gasteiger charge is -2.19. The van der Waals surface area contributed by atoms with Crippen molar-refractivity contribution in [2.45, 2.75) is 19.0 Å². The minimum atomic E-state index is -3.16. The molecule has 0 unspecified atom stereocenters. The largest absolute Gasteiger partial charge is 0.466 e. The van der Waals surface area contributed by atoms with Gasteiger partial charge in [0.15, 0.2) is 11.8 Å².